The molecule has 2 N–H and O–H groups in total. The number of rotatable bonds is 5. The predicted octanol–water partition coefficient (Wildman–Crippen LogP) is 0.937. The fraction of sp³-hybridized carbons (Fsp3) is 0.231. The van der Waals surface area contributed by atoms with Crippen LogP contribution in [0.2, 0.25) is 0 Å². The van der Waals surface area contributed by atoms with Gasteiger partial charge in [-0.2, -0.15) is 5.10 Å². The molecule has 0 aliphatic carbocycles. The van der Waals surface area contributed by atoms with Crippen molar-refractivity contribution in [1.29, 1.82) is 0 Å². The summed E-state index contributed by atoms with van der Waals surface area (Å²) < 4.78 is 10.4. The first-order chi connectivity index (χ1) is 10.1. The van der Waals surface area contributed by atoms with Crippen LogP contribution >= 0.6 is 0 Å². The van der Waals surface area contributed by atoms with E-state index < -0.39 is 0 Å². The average Bonchev–Trinajstić information content (AvgIpc) is 2.51. The molecule has 0 aliphatic rings. The highest BCUT2D eigenvalue weighted by molar-refractivity contribution is 5.84. The Balaban J connectivity index is 2.14. The SMILES string of the molecule is COc1ccc(C=NNc2nnc(C)c(=O)[nH]2)c(OC)c1. The molecule has 21 heavy (non-hydrogen) atoms. The number of nitrogens with one attached hydrogen (secondary N) is 2. The highest BCUT2D eigenvalue weighted by atomic mass is 16.5. The van der Waals surface area contributed by atoms with Gasteiger partial charge < -0.3 is 9.47 Å². The number of aryl methyl sites for hydroxylation is 1. The second-order valence-corrected chi connectivity index (χ2v) is 4.07. The molecular formula is C13H15N5O3. The highest BCUT2D eigenvalue weighted by Gasteiger charge is 2.03. The fourth-order valence-electron chi connectivity index (χ4n) is 1.53. The number of benzene rings is 1. The maximum absolute atomic E-state index is 11.4. The number of hydrazone groups is 1. The molecule has 1 heterocycles. The van der Waals surface area contributed by atoms with Crippen molar-refractivity contribution < 1.29 is 9.47 Å². The zero-order valence-electron chi connectivity index (χ0n) is 11.9. The molecule has 0 bridgehead atoms. The molecule has 0 amide bonds. The Kier molecular flexibility index (Phi) is 4.50. The van der Waals surface area contributed by atoms with Crippen LogP contribution in [-0.4, -0.2) is 35.6 Å². The molecule has 8 nitrogen and oxygen atoms in total. The van der Waals surface area contributed by atoms with Gasteiger partial charge in [0.1, 0.15) is 17.2 Å². The largest absolute Gasteiger partial charge is 0.497 e. The number of ether oxygens (including phenoxy) is 2. The molecule has 1 aromatic carbocycles. The van der Waals surface area contributed by atoms with Crippen molar-refractivity contribution in [2.75, 3.05) is 19.6 Å². The van der Waals surface area contributed by atoms with Crippen LogP contribution in [0.3, 0.4) is 0 Å². The number of anilines is 1. The van der Waals surface area contributed by atoms with Crippen LogP contribution in [0.5, 0.6) is 11.5 Å². The summed E-state index contributed by atoms with van der Waals surface area (Å²) >= 11 is 0. The lowest BCUT2D eigenvalue weighted by atomic mass is 10.2. The van der Waals surface area contributed by atoms with Gasteiger partial charge in [0.05, 0.1) is 20.4 Å². The Hall–Kier alpha value is -2.90. The van der Waals surface area contributed by atoms with E-state index in [2.05, 4.69) is 25.7 Å². The first-order valence-electron chi connectivity index (χ1n) is 6.08. The summed E-state index contributed by atoms with van der Waals surface area (Å²) in [4.78, 5) is 13.9. The summed E-state index contributed by atoms with van der Waals surface area (Å²) in [5, 5.41) is 11.4. The fourth-order valence-corrected chi connectivity index (χ4v) is 1.53. The number of H-pyrrole nitrogens is 1. The van der Waals surface area contributed by atoms with Crippen molar-refractivity contribution in [3.63, 3.8) is 0 Å². The summed E-state index contributed by atoms with van der Waals surface area (Å²) in [5.74, 6) is 1.46. The third-order valence-corrected chi connectivity index (χ3v) is 2.68. The molecule has 8 heteroatoms. The second-order valence-electron chi connectivity index (χ2n) is 4.07. The maximum atomic E-state index is 11.4. The number of nitrogens with zero attached hydrogens (tertiary/aromatic N) is 3. The van der Waals surface area contributed by atoms with Crippen LogP contribution in [-0.2, 0) is 0 Å². The summed E-state index contributed by atoms with van der Waals surface area (Å²) in [5.41, 5.74) is 3.32. The maximum Gasteiger partial charge on any atom is 0.274 e. The average molecular weight is 289 g/mol. The van der Waals surface area contributed by atoms with Gasteiger partial charge >= 0.3 is 0 Å². The number of methoxy groups -OCH3 is 2. The quantitative estimate of drug-likeness (QED) is 0.627. The van der Waals surface area contributed by atoms with Crippen LogP contribution in [0.4, 0.5) is 5.95 Å². The smallest absolute Gasteiger partial charge is 0.274 e. The van der Waals surface area contributed by atoms with E-state index in [1.807, 2.05) is 0 Å². The first-order valence-corrected chi connectivity index (χ1v) is 6.08. The van der Waals surface area contributed by atoms with E-state index in [1.165, 1.54) is 6.21 Å². The number of aromatic nitrogens is 3. The number of hydrogen-bond acceptors (Lipinski definition) is 7. The van der Waals surface area contributed by atoms with Gasteiger partial charge in [-0.05, 0) is 19.1 Å². The molecule has 0 fully saturated rings. The molecular weight excluding hydrogens is 274 g/mol. The molecule has 1 aromatic heterocycles. The second kappa shape index (κ2) is 6.51. The van der Waals surface area contributed by atoms with E-state index in [0.717, 1.165) is 5.56 Å². The zero-order valence-corrected chi connectivity index (χ0v) is 11.9. The predicted molar refractivity (Wildman–Crippen MR) is 78.2 cm³/mol. The van der Waals surface area contributed by atoms with Crippen LogP contribution in [0.25, 0.3) is 0 Å². The van der Waals surface area contributed by atoms with Gasteiger partial charge in [0.15, 0.2) is 0 Å². The molecule has 0 spiro atoms. The van der Waals surface area contributed by atoms with Crippen molar-refractivity contribution in [3.05, 3.63) is 39.8 Å². The van der Waals surface area contributed by atoms with E-state index >= 15 is 0 Å². The van der Waals surface area contributed by atoms with Gasteiger partial charge in [-0.3, -0.25) is 9.78 Å². The van der Waals surface area contributed by atoms with Gasteiger partial charge in [0.2, 0.25) is 5.95 Å². The lowest BCUT2D eigenvalue weighted by molar-refractivity contribution is 0.394. The van der Waals surface area contributed by atoms with Crippen molar-refractivity contribution in [3.8, 4) is 11.5 Å². The van der Waals surface area contributed by atoms with Gasteiger partial charge in [-0.1, -0.05) is 0 Å². The summed E-state index contributed by atoms with van der Waals surface area (Å²) in [6, 6.07) is 5.33. The van der Waals surface area contributed by atoms with E-state index in [-0.39, 0.29) is 11.5 Å². The van der Waals surface area contributed by atoms with E-state index in [4.69, 9.17) is 9.47 Å². The molecule has 110 valence electrons. The van der Waals surface area contributed by atoms with Gasteiger partial charge in [-0.25, -0.2) is 5.43 Å². The van der Waals surface area contributed by atoms with Crippen molar-refractivity contribution in [2.45, 2.75) is 6.92 Å². The topological polar surface area (TPSA) is 101 Å². The standard InChI is InChI=1S/C13H15N5O3/c1-8-12(19)15-13(18-16-8)17-14-7-9-4-5-10(20-2)6-11(9)21-3/h4-7H,1-3H3,(H2,15,17,18,19). The molecule has 0 atom stereocenters. The molecule has 0 aliphatic heterocycles. The minimum Gasteiger partial charge on any atom is -0.497 e. The van der Waals surface area contributed by atoms with E-state index in [9.17, 15) is 4.79 Å². The van der Waals surface area contributed by atoms with E-state index in [0.29, 0.717) is 17.2 Å². The lowest BCUT2D eigenvalue weighted by Crippen LogP contribution is -2.15. The van der Waals surface area contributed by atoms with Crippen LogP contribution in [0, 0.1) is 6.92 Å². The Morgan fingerprint density at radius 2 is 2.10 bits per heavy atom. The number of hydrogen-bond donors (Lipinski definition) is 2. The van der Waals surface area contributed by atoms with E-state index in [1.54, 1.807) is 39.3 Å². The van der Waals surface area contributed by atoms with Crippen LogP contribution < -0.4 is 20.5 Å². The van der Waals surface area contributed by atoms with Crippen molar-refractivity contribution in [2.24, 2.45) is 5.10 Å². The molecule has 2 aromatic rings. The Morgan fingerprint density at radius 3 is 2.76 bits per heavy atom. The molecule has 0 radical (unpaired) electrons. The highest BCUT2D eigenvalue weighted by Crippen LogP contribution is 2.23. The summed E-state index contributed by atoms with van der Waals surface area (Å²) in [6.45, 7) is 1.57. The van der Waals surface area contributed by atoms with Gasteiger partial charge in [0.25, 0.3) is 5.56 Å². The Labute approximate surface area is 120 Å². The van der Waals surface area contributed by atoms with Crippen molar-refractivity contribution in [1.82, 2.24) is 15.2 Å². The Morgan fingerprint density at radius 1 is 1.29 bits per heavy atom. The molecule has 0 saturated carbocycles. The minimum absolute atomic E-state index is 0.161. The monoisotopic (exact) mass is 289 g/mol. The normalized spacial score (nSPS) is 10.6. The summed E-state index contributed by atoms with van der Waals surface area (Å²) in [7, 11) is 3.14. The van der Waals surface area contributed by atoms with Gasteiger partial charge in [0, 0.05) is 11.6 Å². The molecule has 0 unspecified atom stereocenters. The lowest BCUT2D eigenvalue weighted by Gasteiger charge is -2.06. The zero-order chi connectivity index (χ0) is 15.2. The van der Waals surface area contributed by atoms with Crippen LogP contribution in [0.1, 0.15) is 11.3 Å². The number of aromatic amines is 1. The van der Waals surface area contributed by atoms with Crippen molar-refractivity contribution >= 4 is 12.2 Å². The van der Waals surface area contributed by atoms with Gasteiger partial charge in [-0.15, -0.1) is 10.2 Å². The molecule has 2 rings (SSSR count). The molecule has 0 saturated heterocycles. The summed E-state index contributed by atoms with van der Waals surface area (Å²) in [6.07, 6.45) is 1.54. The third-order valence-electron chi connectivity index (χ3n) is 2.68. The Bertz CT molecular complexity index is 711. The van der Waals surface area contributed by atoms with Crippen LogP contribution in [0.15, 0.2) is 28.1 Å². The third kappa shape index (κ3) is 3.56. The minimum atomic E-state index is -0.315. The first kappa shape index (κ1) is 14.5.